The van der Waals surface area contributed by atoms with Gasteiger partial charge in [-0.1, -0.05) is 12.1 Å². The van der Waals surface area contributed by atoms with Gasteiger partial charge in [0.15, 0.2) is 5.76 Å². The number of rotatable bonds is 8. The second kappa shape index (κ2) is 10.3. The van der Waals surface area contributed by atoms with Crippen LogP contribution in [-0.2, 0) is 14.3 Å². The lowest BCUT2D eigenvalue weighted by atomic mass is 9.92. The Balaban J connectivity index is 2.51. The lowest BCUT2D eigenvalue weighted by molar-refractivity contribution is -0.141. The minimum Gasteiger partial charge on any atom is -0.491 e. The maximum absolute atomic E-state index is 15.3. The van der Waals surface area contributed by atoms with Gasteiger partial charge in [-0.3, -0.25) is 9.59 Å². The number of carboxylic acids is 1. The van der Waals surface area contributed by atoms with Crippen molar-refractivity contribution >= 4 is 23.6 Å². The molecule has 0 spiro atoms. The Bertz CT molecular complexity index is 1020. The molecule has 0 aliphatic heterocycles. The van der Waals surface area contributed by atoms with Crippen molar-refractivity contribution in [2.45, 2.75) is 46.7 Å². The van der Waals surface area contributed by atoms with Crippen molar-refractivity contribution in [3.63, 3.8) is 0 Å². The first-order valence-corrected chi connectivity index (χ1v) is 10.1. The van der Waals surface area contributed by atoms with Crippen LogP contribution in [0.3, 0.4) is 0 Å². The number of halogens is 2. The van der Waals surface area contributed by atoms with E-state index in [2.05, 4.69) is 10.6 Å². The smallest absolute Gasteiger partial charge is 0.325 e. The van der Waals surface area contributed by atoms with Crippen molar-refractivity contribution in [3.8, 4) is 11.1 Å². The summed E-state index contributed by atoms with van der Waals surface area (Å²) in [5.74, 6) is -3.74. The molecule has 2 aromatic rings. The third kappa shape index (κ3) is 5.43. The van der Waals surface area contributed by atoms with Gasteiger partial charge >= 0.3 is 5.97 Å². The Kier molecular flexibility index (Phi) is 7.97. The van der Waals surface area contributed by atoms with E-state index in [0.29, 0.717) is 5.56 Å². The van der Waals surface area contributed by atoms with Crippen molar-refractivity contribution < 1.29 is 28.2 Å². The molecule has 0 radical (unpaired) electrons. The van der Waals surface area contributed by atoms with E-state index in [4.69, 9.17) is 9.84 Å². The summed E-state index contributed by atoms with van der Waals surface area (Å²) in [7, 11) is 1.19. The fourth-order valence-electron chi connectivity index (χ4n) is 3.21. The standard InChI is InChI=1S/C24H28F2N2O4/c1-12(2)27-17-9-7-16(8-10-17)20-14(4)21(25)18(13(3)22(20)26)11-19(32-6)23(29)28-15(5)24(30)31/h7-12,15,27H,1-6H3,(H,28,29)(H,30,31)/b19-11-/t15-/m1/s1. The zero-order chi connectivity index (χ0) is 24.2. The lowest BCUT2D eigenvalue weighted by Gasteiger charge is -2.17. The minimum absolute atomic E-state index is 0.00103. The van der Waals surface area contributed by atoms with Gasteiger partial charge in [-0.2, -0.15) is 0 Å². The van der Waals surface area contributed by atoms with Gasteiger partial charge in [0, 0.05) is 22.9 Å². The molecule has 2 rings (SSSR count). The predicted molar refractivity (Wildman–Crippen MR) is 120 cm³/mol. The second-order valence-corrected chi connectivity index (χ2v) is 7.79. The summed E-state index contributed by atoms with van der Waals surface area (Å²) in [6.07, 6.45) is 1.07. The summed E-state index contributed by atoms with van der Waals surface area (Å²) in [4.78, 5) is 23.3. The number of carboxylic acid groups (broad SMARTS) is 1. The Morgan fingerprint density at radius 3 is 2.12 bits per heavy atom. The highest BCUT2D eigenvalue weighted by molar-refractivity contribution is 5.98. The zero-order valence-electron chi connectivity index (χ0n) is 19.0. The Hall–Kier alpha value is -3.42. The first-order chi connectivity index (χ1) is 15.0. The quantitative estimate of drug-likeness (QED) is 0.406. The molecule has 0 bridgehead atoms. The van der Waals surface area contributed by atoms with E-state index in [9.17, 15) is 9.59 Å². The topological polar surface area (TPSA) is 87.7 Å². The van der Waals surface area contributed by atoms with Crippen molar-refractivity contribution in [1.82, 2.24) is 5.32 Å². The number of ether oxygens (including phenoxy) is 1. The van der Waals surface area contributed by atoms with Crippen LogP contribution in [0.1, 0.15) is 37.5 Å². The molecule has 172 valence electrons. The molecule has 8 heteroatoms. The van der Waals surface area contributed by atoms with E-state index in [1.807, 2.05) is 13.8 Å². The van der Waals surface area contributed by atoms with Crippen LogP contribution in [0.4, 0.5) is 14.5 Å². The van der Waals surface area contributed by atoms with E-state index < -0.39 is 29.6 Å². The number of benzene rings is 2. The van der Waals surface area contributed by atoms with Crippen LogP contribution in [0.2, 0.25) is 0 Å². The van der Waals surface area contributed by atoms with Gasteiger partial charge in [-0.05, 0) is 69.5 Å². The maximum atomic E-state index is 15.3. The van der Waals surface area contributed by atoms with Crippen LogP contribution in [-0.4, -0.2) is 36.2 Å². The third-order valence-corrected chi connectivity index (χ3v) is 4.96. The van der Waals surface area contributed by atoms with Gasteiger partial charge < -0.3 is 20.5 Å². The number of hydrogen-bond donors (Lipinski definition) is 3. The summed E-state index contributed by atoms with van der Waals surface area (Å²) >= 11 is 0. The number of anilines is 1. The van der Waals surface area contributed by atoms with E-state index in [1.54, 1.807) is 24.3 Å². The monoisotopic (exact) mass is 446 g/mol. The number of aliphatic carboxylic acids is 1. The van der Waals surface area contributed by atoms with Gasteiger partial charge in [-0.15, -0.1) is 0 Å². The molecule has 0 aliphatic carbocycles. The van der Waals surface area contributed by atoms with Crippen LogP contribution < -0.4 is 10.6 Å². The largest absolute Gasteiger partial charge is 0.491 e. The minimum atomic E-state index is -1.24. The molecule has 32 heavy (non-hydrogen) atoms. The average Bonchev–Trinajstić information content (AvgIpc) is 2.73. The molecule has 0 saturated heterocycles. The molecule has 0 aliphatic rings. The molecule has 1 atom stereocenters. The second-order valence-electron chi connectivity index (χ2n) is 7.79. The zero-order valence-corrected chi connectivity index (χ0v) is 19.0. The number of carbonyl (C=O) groups is 2. The molecular weight excluding hydrogens is 418 g/mol. The number of carbonyl (C=O) groups excluding carboxylic acids is 1. The summed E-state index contributed by atoms with van der Waals surface area (Å²) in [5.41, 5.74) is 1.46. The highest BCUT2D eigenvalue weighted by Crippen LogP contribution is 2.34. The summed E-state index contributed by atoms with van der Waals surface area (Å²) in [5, 5.41) is 14.4. The van der Waals surface area contributed by atoms with Crippen LogP contribution in [0.5, 0.6) is 0 Å². The van der Waals surface area contributed by atoms with Crippen molar-refractivity contribution in [2.24, 2.45) is 0 Å². The average molecular weight is 446 g/mol. The van der Waals surface area contributed by atoms with Gasteiger partial charge in [0.1, 0.15) is 17.7 Å². The molecule has 6 nitrogen and oxygen atoms in total. The Morgan fingerprint density at radius 1 is 1.03 bits per heavy atom. The molecule has 1 amide bonds. The number of hydrogen-bond acceptors (Lipinski definition) is 4. The van der Waals surface area contributed by atoms with Gasteiger partial charge in [-0.25, -0.2) is 8.78 Å². The Labute approximate surface area is 186 Å². The van der Waals surface area contributed by atoms with Crippen molar-refractivity contribution in [2.75, 3.05) is 12.4 Å². The number of methoxy groups -OCH3 is 1. The molecule has 0 heterocycles. The molecule has 0 aromatic heterocycles. The van der Waals surface area contributed by atoms with E-state index in [1.165, 1.54) is 27.9 Å². The number of nitrogens with one attached hydrogen (secondary N) is 2. The predicted octanol–water partition coefficient (Wildman–Crippen LogP) is 4.65. The molecule has 3 N–H and O–H groups in total. The van der Waals surface area contributed by atoms with Crippen molar-refractivity contribution in [1.29, 1.82) is 0 Å². The first-order valence-electron chi connectivity index (χ1n) is 10.1. The van der Waals surface area contributed by atoms with E-state index >= 15 is 8.78 Å². The van der Waals surface area contributed by atoms with Crippen LogP contribution in [0, 0.1) is 25.5 Å². The summed E-state index contributed by atoms with van der Waals surface area (Å²) < 4.78 is 35.6. The van der Waals surface area contributed by atoms with Gasteiger partial charge in [0.25, 0.3) is 5.91 Å². The van der Waals surface area contributed by atoms with Gasteiger partial charge in [0.05, 0.1) is 7.11 Å². The van der Waals surface area contributed by atoms with E-state index in [-0.39, 0.29) is 34.1 Å². The maximum Gasteiger partial charge on any atom is 0.325 e. The normalized spacial score (nSPS) is 12.5. The van der Waals surface area contributed by atoms with Crippen LogP contribution in [0.15, 0.2) is 30.0 Å². The van der Waals surface area contributed by atoms with Crippen LogP contribution in [0.25, 0.3) is 17.2 Å². The van der Waals surface area contributed by atoms with Crippen molar-refractivity contribution in [3.05, 3.63) is 58.3 Å². The highest BCUT2D eigenvalue weighted by Gasteiger charge is 2.23. The molecule has 0 unspecified atom stereocenters. The fraction of sp³-hybridized carbons (Fsp3) is 0.333. The summed E-state index contributed by atoms with van der Waals surface area (Å²) in [6, 6.07) is 6.08. The molecule has 0 saturated carbocycles. The van der Waals surface area contributed by atoms with E-state index in [0.717, 1.165) is 11.8 Å². The summed E-state index contributed by atoms with van der Waals surface area (Å²) in [6.45, 7) is 8.15. The molecule has 2 aromatic carbocycles. The molecular formula is C24H28F2N2O4. The fourth-order valence-corrected chi connectivity index (χ4v) is 3.21. The Morgan fingerprint density at radius 2 is 1.62 bits per heavy atom. The number of amides is 1. The first kappa shape index (κ1) is 24.8. The highest BCUT2D eigenvalue weighted by atomic mass is 19.1. The van der Waals surface area contributed by atoms with Crippen LogP contribution >= 0.6 is 0 Å². The molecule has 0 fully saturated rings. The lowest BCUT2D eigenvalue weighted by Crippen LogP contribution is -2.39. The third-order valence-electron chi connectivity index (χ3n) is 4.96. The van der Waals surface area contributed by atoms with Gasteiger partial charge in [0.2, 0.25) is 0 Å². The SMILES string of the molecule is CO/C(=C\c1c(C)c(F)c(-c2ccc(NC(C)C)cc2)c(C)c1F)C(=O)N[C@H](C)C(=O)O.